The van der Waals surface area contributed by atoms with E-state index in [4.69, 9.17) is 10.5 Å². The molecular formula is C15H20BrFN2O2. The van der Waals surface area contributed by atoms with E-state index < -0.39 is 11.7 Å². The minimum Gasteiger partial charge on any atom is -0.376 e. The average molecular weight is 359 g/mol. The van der Waals surface area contributed by atoms with E-state index in [0.717, 1.165) is 25.7 Å². The van der Waals surface area contributed by atoms with Crippen molar-refractivity contribution in [3.05, 3.63) is 34.1 Å². The maximum Gasteiger partial charge on any atom is 0.254 e. The topological polar surface area (TPSA) is 64.3 Å². The van der Waals surface area contributed by atoms with Crippen LogP contribution in [0.25, 0.3) is 0 Å². The Hall–Kier alpha value is -0.980. The zero-order valence-electron chi connectivity index (χ0n) is 11.8. The summed E-state index contributed by atoms with van der Waals surface area (Å²) in [5.41, 5.74) is 5.87. The quantitative estimate of drug-likeness (QED) is 0.795. The van der Waals surface area contributed by atoms with Crippen LogP contribution in [-0.2, 0) is 4.74 Å². The Morgan fingerprint density at radius 2 is 2.10 bits per heavy atom. The molecule has 0 radical (unpaired) electrons. The van der Waals surface area contributed by atoms with Crippen molar-refractivity contribution in [2.75, 3.05) is 13.2 Å². The highest BCUT2D eigenvalue weighted by molar-refractivity contribution is 9.10. The van der Waals surface area contributed by atoms with E-state index in [2.05, 4.69) is 21.2 Å². The molecule has 1 fully saturated rings. The number of halogens is 2. The molecule has 1 aliphatic rings. The van der Waals surface area contributed by atoms with Crippen molar-refractivity contribution in [3.63, 3.8) is 0 Å². The van der Waals surface area contributed by atoms with Crippen molar-refractivity contribution in [1.29, 1.82) is 0 Å². The predicted molar refractivity (Wildman–Crippen MR) is 82.6 cm³/mol. The van der Waals surface area contributed by atoms with Gasteiger partial charge in [-0.25, -0.2) is 4.39 Å². The Labute approximate surface area is 132 Å². The van der Waals surface area contributed by atoms with Crippen LogP contribution in [0.4, 0.5) is 4.39 Å². The van der Waals surface area contributed by atoms with Crippen LogP contribution in [0.15, 0.2) is 22.7 Å². The third-order valence-electron chi connectivity index (χ3n) is 3.63. The van der Waals surface area contributed by atoms with Gasteiger partial charge in [-0.2, -0.15) is 0 Å². The van der Waals surface area contributed by atoms with E-state index in [-0.39, 0.29) is 11.7 Å². The molecule has 6 heteroatoms. The van der Waals surface area contributed by atoms with Gasteiger partial charge in [-0.15, -0.1) is 0 Å². The number of carbonyl (C=O) groups excluding carboxylic acids is 1. The van der Waals surface area contributed by atoms with Crippen molar-refractivity contribution in [3.8, 4) is 0 Å². The van der Waals surface area contributed by atoms with Gasteiger partial charge in [0, 0.05) is 17.1 Å². The number of nitrogens with one attached hydrogen (secondary N) is 1. The lowest BCUT2D eigenvalue weighted by Crippen LogP contribution is -2.33. The third kappa shape index (κ3) is 5.05. The summed E-state index contributed by atoms with van der Waals surface area (Å²) in [5.74, 6) is -0.957. The summed E-state index contributed by atoms with van der Waals surface area (Å²) in [6, 6.07) is 4.58. The van der Waals surface area contributed by atoms with Gasteiger partial charge in [0.15, 0.2) is 0 Å². The largest absolute Gasteiger partial charge is 0.376 e. The van der Waals surface area contributed by atoms with Crippen molar-refractivity contribution in [2.45, 2.75) is 37.8 Å². The van der Waals surface area contributed by atoms with Crippen LogP contribution >= 0.6 is 15.9 Å². The molecule has 1 aromatic rings. The maximum absolute atomic E-state index is 13.5. The first kappa shape index (κ1) is 16.4. The summed E-state index contributed by atoms with van der Waals surface area (Å²) in [7, 11) is 0. The first-order chi connectivity index (χ1) is 10.1. The Morgan fingerprint density at radius 3 is 2.81 bits per heavy atom. The van der Waals surface area contributed by atoms with Gasteiger partial charge >= 0.3 is 0 Å². The first-order valence-electron chi connectivity index (χ1n) is 7.16. The molecule has 1 saturated carbocycles. The molecule has 2 rings (SSSR count). The highest BCUT2D eigenvalue weighted by Crippen LogP contribution is 2.19. The van der Waals surface area contributed by atoms with Crippen LogP contribution in [0.2, 0.25) is 0 Å². The molecule has 3 N–H and O–H groups in total. The number of amides is 1. The molecular weight excluding hydrogens is 339 g/mol. The monoisotopic (exact) mass is 358 g/mol. The summed E-state index contributed by atoms with van der Waals surface area (Å²) in [6.07, 6.45) is 4.13. The zero-order valence-corrected chi connectivity index (χ0v) is 13.4. The average Bonchev–Trinajstić information content (AvgIpc) is 2.47. The van der Waals surface area contributed by atoms with Crippen LogP contribution < -0.4 is 11.1 Å². The SMILES string of the molecule is NC1CCC(OCCNC(=O)c2cc(Br)ccc2F)CC1. The molecule has 0 unspecified atom stereocenters. The molecule has 1 aliphatic carbocycles. The number of benzene rings is 1. The fourth-order valence-corrected chi connectivity index (χ4v) is 2.77. The molecule has 1 amide bonds. The minimum atomic E-state index is -0.530. The number of hydrogen-bond acceptors (Lipinski definition) is 3. The number of ether oxygens (including phenoxy) is 1. The standard InChI is InChI=1S/C15H20BrFN2O2/c16-10-1-6-14(17)13(9-10)15(20)19-7-8-21-12-4-2-11(18)3-5-12/h1,6,9,11-12H,2-5,7-8,18H2,(H,19,20). The van der Waals surface area contributed by atoms with Gasteiger partial charge in [0.1, 0.15) is 5.82 Å². The van der Waals surface area contributed by atoms with Gasteiger partial charge in [-0.1, -0.05) is 15.9 Å². The minimum absolute atomic E-state index is 0.0352. The van der Waals surface area contributed by atoms with E-state index in [0.29, 0.717) is 23.7 Å². The molecule has 0 aliphatic heterocycles. The molecule has 4 nitrogen and oxygen atoms in total. The number of carbonyl (C=O) groups is 1. The maximum atomic E-state index is 13.5. The number of nitrogens with two attached hydrogens (primary N) is 1. The van der Waals surface area contributed by atoms with Gasteiger partial charge < -0.3 is 15.8 Å². The summed E-state index contributed by atoms with van der Waals surface area (Å²) >= 11 is 3.22. The molecule has 0 heterocycles. The lowest BCUT2D eigenvalue weighted by molar-refractivity contribution is 0.0267. The Kier molecular flexibility index (Phi) is 6.14. The lowest BCUT2D eigenvalue weighted by atomic mass is 9.94. The molecule has 21 heavy (non-hydrogen) atoms. The van der Waals surface area contributed by atoms with Crippen molar-refractivity contribution < 1.29 is 13.9 Å². The van der Waals surface area contributed by atoms with Crippen molar-refractivity contribution in [1.82, 2.24) is 5.32 Å². The molecule has 0 bridgehead atoms. The highest BCUT2D eigenvalue weighted by atomic mass is 79.9. The van der Waals surface area contributed by atoms with Crippen LogP contribution in [0.1, 0.15) is 36.0 Å². The summed E-state index contributed by atoms with van der Waals surface area (Å²) in [4.78, 5) is 11.9. The number of rotatable bonds is 5. The van der Waals surface area contributed by atoms with E-state index in [9.17, 15) is 9.18 Å². The van der Waals surface area contributed by atoms with Gasteiger partial charge in [0.25, 0.3) is 5.91 Å². The second kappa shape index (κ2) is 7.87. The van der Waals surface area contributed by atoms with Gasteiger partial charge in [0.2, 0.25) is 0 Å². The Balaban J connectivity index is 1.71. The molecule has 0 atom stereocenters. The fraction of sp³-hybridized carbons (Fsp3) is 0.533. The third-order valence-corrected chi connectivity index (χ3v) is 4.13. The van der Waals surface area contributed by atoms with Gasteiger partial charge in [-0.05, 0) is 43.9 Å². The molecule has 0 aromatic heterocycles. The molecule has 1 aromatic carbocycles. The molecule has 0 saturated heterocycles. The summed E-state index contributed by atoms with van der Waals surface area (Å²) in [6.45, 7) is 0.800. The smallest absolute Gasteiger partial charge is 0.254 e. The van der Waals surface area contributed by atoms with Gasteiger partial charge in [-0.3, -0.25) is 4.79 Å². The highest BCUT2D eigenvalue weighted by Gasteiger charge is 2.18. The predicted octanol–water partition coefficient (Wildman–Crippen LogP) is 2.60. The van der Waals surface area contributed by atoms with Crippen LogP contribution in [0, 0.1) is 5.82 Å². The number of hydrogen-bond donors (Lipinski definition) is 2. The molecule has 116 valence electrons. The van der Waals surface area contributed by atoms with E-state index in [1.807, 2.05) is 0 Å². The second-order valence-corrected chi connectivity index (χ2v) is 6.20. The van der Waals surface area contributed by atoms with E-state index in [1.165, 1.54) is 12.1 Å². The van der Waals surface area contributed by atoms with Crippen LogP contribution in [-0.4, -0.2) is 31.2 Å². The second-order valence-electron chi connectivity index (χ2n) is 5.29. The van der Waals surface area contributed by atoms with Crippen molar-refractivity contribution in [2.24, 2.45) is 5.73 Å². The van der Waals surface area contributed by atoms with E-state index >= 15 is 0 Å². The summed E-state index contributed by atoms with van der Waals surface area (Å²) < 4.78 is 19.9. The zero-order chi connectivity index (χ0) is 15.2. The van der Waals surface area contributed by atoms with E-state index in [1.54, 1.807) is 6.07 Å². The van der Waals surface area contributed by atoms with Crippen molar-refractivity contribution >= 4 is 21.8 Å². The fourth-order valence-electron chi connectivity index (χ4n) is 2.41. The lowest BCUT2D eigenvalue weighted by Gasteiger charge is -2.26. The first-order valence-corrected chi connectivity index (χ1v) is 7.96. The summed E-state index contributed by atoms with van der Waals surface area (Å²) in [5, 5.41) is 2.67. The van der Waals surface area contributed by atoms with Crippen LogP contribution in [0.5, 0.6) is 0 Å². The van der Waals surface area contributed by atoms with Crippen LogP contribution in [0.3, 0.4) is 0 Å². The normalized spacial score (nSPS) is 22.0. The Bertz CT molecular complexity index is 491. The Morgan fingerprint density at radius 1 is 1.38 bits per heavy atom. The molecule has 0 spiro atoms. The van der Waals surface area contributed by atoms with Gasteiger partial charge in [0.05, 0.1) is 18.3 Å².